The fraction of sp³-hybridized carbons (Fsp3) is 0.471. The van der Waals surface area contributed by atoms with Gasteiger partial charge in [-0.25, -0.2) is 4.99 Å². The predicted octanol–water partition coefficient (Wildman–Crippen LogP) is 1.76. The summed E-state index contributed by atoms with van der Waals surface area (Å²) in [5.74, 6) is 0.826. The van der Waals surface area contributed by atoms with Gasteiger partial charge < -0.3 is 20.3 Å². The van der Waals surface area contributed by atoms with Crippen LogP contribution >= 0.6 is 0 Å². The second kappa shape index (κ2) is 9.10. The summed E-state index contributed by atoms with van der Waals surface area (Å²) < 4.78 is 5.04. The summed E-state index contributed by atoms with van der Waals surface area (Å²) in [6, 6.07) is 8.64. The molecule has 0 spiro atoms. The first kappa shape index (κ1) is 16.4. The van der Waals surface area contributed by atoms with Gasteiger partial charge in [0, 0.05) is 39.0 Å². The van der Waals surface area contributed by atoms with E-state index in [1.165, 1.54) is 11.3 Å². The lowest BCUT2D eigenvalue weighted by Crippen LogP contribution is -2.38. The molecular weight excluding hydrogens is 276 g/mol. The van der Waals surface area contributed by atoms with Crippen molar-refractivity contribution >= 4 is 11.6 Å². The van der Waals surface area contributed by atoms with Crippen LogP contribution < -0.4 is 15.5 Å². The minimum atomic E-state index is 0.668. The highest BCUT2D eigenvalue weighted by atomic mass is 16.5. The Hall–Kier alpha value is -2.01. The van der Waals surface area contributed by atoms with Gasteiger partial charge in [-0.05, 0) is 24.6 Å². The molecule has 2 rings (SSSR count). The van der Waals surface area contributed by atoms with Gasteiger partial charge in [0.15, 0.2) is 5.96 Å². The molecule has 2 N–H and O–H groups in total. The molecule has 0 atom stereocenters. The Kier molecular flexibility index (Phi) is 6.77. The topological polar surface area (TPSA) is 48.9 Å². The molecule has 0 saturated heterocycles. The summed E-state index contributed by atoms with van der Waals surface area (Å²) in [5.41, 5.74) is 2.47. The third kappa shape index (κ3) is 5.07. The van der Waals surface area contributed by atoms with Gasteiger partial charge in [0.25, 0.3) is 0 Å². The van der Waals surface area contributed by atoms with E-state index in [4.69, 9.17) is 4.74 Å². The molecule has 0 fully saturated rings. The fourth-order valence-corrected chi connectivity index (χ4v) is 2.28. The van der Waals surface area contributed by atoms with Crippen LogP contribution in [0.3, 0.4) is 0 Å². The predicted molar refractivity (Wildman–Crippen MR) is 92.5 cm³/mol. The van der Waals surface area contributed by atoms with Gasteiger partial charge in [0.1, 0.15) is 0 Å². The highest BCUT2D eigenvalue weighted by Crippen LogP contribution is 2.17. The number of guanidine groups is 1. The van der Waals surface area contributed by atoms with E-state index in [-0.39, 0.29) is 0 Å². The summed E-state index contributed by atoms with van der Waals surface area (Å²) in [7, 11) is 1.70. The first-order valence-corrected chi connectivity index (χ1v) is 7.83. The third-order valence-electron chi connectivity index (χ3n) is 3.48. The Bertz CT molecular complexity index is 488. The SMILES string of the molecule is CCNC(=NCc1ccc(N2CC=CC2)cc1)NCCOC. The molecule has 0 saturated carbocycles. The van der Waals surface area contributed by atoms with Gasteiger partial charge in [-0.2, -0.15) is 0 Å². The monoisotopic (exact) mass is 302 g/mol. The Morgan fingerprint density at radius 1 is 1.18 bits per heavy atom. The summed E-state index contributed by atoms with van der Waals surface area (Å²) >= 11 is 0. The molecule has 0 amide bonds. The molecule has 1 aliphatic heterocycles. The van der Waals surface area contributed by atoms with Crippen LogP contribution in [0.2, 0.25) is 0 Å². The zero-order valence-electron chi connectivity index (χ0n) is 13.5. The zero-order valence-corrected chi connectivity index (χ0v) is 13.5. The molecule has 1 aromatic rings. The number of nitrogens with zero attached hydrogens (tertiary/aromatic N) is 2. The Morgan fingerprint density at radius 2 is 1.91 bits per heavy atom. The zero-order chi connectivity index (χ0) is 15.6. The third-order valence-corrected chi connectivity index (χ3v) is 3.48. The molecule has 1 aliphatic rings. The van der Waals surface area contributed by atoms with Crippen molar-refractivity contribution < 1.29 is 4.74 Å². The molecule has 22 heavy (non-hydrogen) atoms. The maximum atomic E-state index is 5.04. The highest BCUT2D eigenvalue weighted by molar-refractivity contribution is 5.79. The normalized spacial score (nSPS) is 14.5. The van der Waals surface area contributed by atoms with Crippen molar-refractivity contribution in [2.75, 3.05) is 44.8 Å². The van der Waals surface area contributed by atoms with Crippen LogP contribution in [0.15, 0.2) is 41.4 Å². The smallest absolute Gasteiger partial charge is 0.191 e. The maximum Gasteiger partial charge on any atom is 0.191 e. The molecule has 1 aromatic carbocycles. The van der Waals surface area contributed by atoms with Crippen molar-refractivity contribution in [3.8, 4) is 0 Å². The molecular formula is C17H26N4O. The van der Waals surface area contributed by atoms with Crippen LogP contribution in [0.5, 0.6) is 0 Å². The average molecular weight is 302 g/mol. The lowest BCUT2D eigenvalue weighted by molar-refractivity contribution is 0.203. The second-order valence-corrected chi connectivity index (χ2v) is 5.16. The number of nitrogens with one attached hydrogen (secondary N) is 2. The molecule has 1 heterocycles. The molecule has 5 nitrogen and oxygen atoms in total. The lowest BCUT2D eigenvalue weighted by atomic mass is 10.2. The van der Waals surface area contributed by atoms with Crippen molar-refractivity contribution in [3.63, 3.8) is 0 Å². The average Bonchev–Trinajstić information content (AvgIpc) is 3.08. The molecule has 120 valence electrons. The number of hydrogen-bond donors (Lipinski definition) is 2. The second-order valence-electron chi connectivity index (χ2n) is 5.16. The first-order valence-electron chi connectivity index (χ1n) is 7.83. The van der Waals surface area contributed by atoms with Crippen molar-refractivity contribution in [1.29, 1.82) is 0 Å². The molecule has 0 aromatic heterocycles. The highest BCUT2D eigenvalue weighted by Gasteiger charge is 2.06. The van der Waals surface area contributed by atoms with E-state index < -0.39 is 0 Å². The summed E-state index contributed by atoms with van der Waals surface area (Å²) in [5, 5.41) is 6.48. The van der Waals surface area contributed by atoms with Crippen LogP contribution in [0.25, 0.3) is 0 Å². The number of methoxy groups -OCH3 is 1. The molecule has 0 bridgehead atoms. The van der Waals surface area contributed by atoms with Gasteiger partial charge in [0.05, 0.1) is 13.2 Å². The van der Waals surface area contributed by atoms with Gasteiger partial charge in [0.2, 0.25) is 0 Å². The number of anilines is 1. The van der Waals surface area contributed by atoms with E-state index in [2.05, 4.69) is 63.9 Å². The quantitative estimate of drug-likeness (QED) is 0.349. The molecule has 0 unspecified atom stereocenters. The molecule has 0 aliphatic carbocycles. The largest absolute Gasteiger partial charge is 0.383 e. The van der Waals surface area contributed by atoms with Gasteiger partial charge in [-0.3, -0.25) is 0 Å². The number of rotatable bonds is 7. The Balaban J connectivity index is 1.88. The van der Waals surface area contributed by atoms with E-state index in [1.807, 2.05) is 0 Å². The van der Waals surface area contributed by atoms with Crippen molar-refractivity contribution in [2.24, 2.45) is 4.99 Å². The Labute approximate surface area is 133 Å². The van der Waals surface area contributed by atoms with Gasteiger partial charge >= 0.3 is 0 Å². The number of aliphatic imine (C=N–C) groups is 1. The summed E-state index contributed by atoms with van der Waals surface area (Å²) in [6.45, 7) is 7.01. The maximum absolute atomic E-state index is 5.04. The number of ether oxygens (including phenoxy) is 1. The van der Waals surface area contributed by atoms with E-state index >= 15 is 0 Å². The minimum Gasteiger partial charge on any atom is -0.383 e. The van der Waals surface area contributed by atoms with E-state index in [0.29, 0.717) is 13.2 Å². The minimum absolute atomic E-state index is 0.668. The van der Waals surface area contributed by atoms with Crippen LogP contribution in [-0.2, 0) is 11.3 Å². The summed E-state index contributed by atoms with van der Waals surface area (Å²) in [4.78, 5) is 6.93. The van der Waals surface area contributed by atoms with Crippen LogP contribution in [0.1, 0.15) is 12.5 Å². The van der Waals surface area contributed by atoms with E-state index in [9.17, 15) is 0 Å². The van der Waals surface area contributed by atoms with Crippen LogP contribution in [0, 0.1) is 0 Å². The molecule has 5 heteroatoms. The van der Waals surface area contributed by atoms with E-state index in [0.717, 1.165) is 32.1 Å². The first-order chi connectivity index (χ1) is 10.8. The standard InChI is InChI=1S/C17H26N4O/c1-3-18-17(19-10-13-22-2)20-14-15-6-8-16(9-7-15)21-11-4-5-12-21/h4-9H,3,10-14H2,1-2H3,(H2,18,19,20). The molecule has 0 radical (unpaired) electrons. The van der Waals surface area contributed by atoms with Crippen LogP contribution in [0.4, 0.5) is 5.69 Å². The number of hydrogen-bond acceptors (Lipinski definition) is 3. The van der Waals surface area contributed by atoms with Crippen molar-refractivity contribution in [2.45, 2.75) is 13.5 Å². The van der Waals surface area contributed by atoms with E-state index in [1.54, 1.807) is 7.11 Å². The van der Waals surface area contributed by atoms with Gasteiger partial charge in [-0.1, -0.05) is 24.3 Å². The fourth-order valence-electron chi connectivity index (χ4n) is 2.28. The lowest BCUT2D eigenvalue weighted by Gasteiger charge is -2.17. The van der Waals surface area contributed by atoms with Crippen molar-refractivity contribution in [1.82, 2.24) is 10.6 Å². The Morgan fingerprint density at radius 3 is 2.55 bits per heavy atom. The van der Waals surface area contributed by atoms with Gasteiger partial charge in [-0.15, -0.1) is 0 Å². The number of benzene rings is 1. The summed E-state index contributed by atoms with van der Waals surface area (Å²) in [6.07, 6.45) is 4.40. The van der Waals surface area contributed by atoms with Crippen LogP contribution in [-0.4, -0.2) is 45.9 Å². The van der Waals surface area contributed by atoms with Crippen molar-refractivity contribution in [3.05, 3.63) is 42.0 Å².